The Kier molecular flexibility index (Phi) is 3.45. The molecule has 3 heteroatoms. The molecule has 1 spiro atoms. The Morgan fingerprint density at radius 2 is 1.80 bits per heavy atom. The second-order valence-electron chi connectivity index (χ2n) is 6.52. The van der Waals surface area contributed by atoms with E-state index in [1.807, 2.05) is 18.2 Å². The Morgan fingerprint density at radius 1 is 1.15 bits per heavy atom. The zero-order valence-electron chi connectivity index (χ0n) is 12.3. The van der Waals surface area contributed by atoms with E-state index < -0.39 is 0 Å². The van der Waals surface area contributed by atoms with Crippen LogP contribution in [0.2, 0.25) is 0 Å². The Hall–Kier alpha value is -1.51. The number of rotatable bonds is 2. The van der Waals surface area contributed by atoms with Crippen LogP contribution in [0.25, 0.3) is 0 Å². The number of carbonyl (C=O) groups is 1. The summed E-state index contributed by atoms with van der Waals surface area (Å²) in [7, 11) is 0. The lowest BCUT2D eigenvalue weighted by atomic mass is 9.77. The van der Waals surface area contributed by atoms with Crippen molar-refractivity contribution in [3.05, 3.63) is 23.8 Å². The zero-order chi connectivity index (χ0) is 14.2. The van der Waals surface area contributed by atoms with Crippen LogP contribution in [-0.4, -0.2) is 18.9 Å². The van der Waals surface area contributed by atoms with E-state index in [1.165, 1.54) is 44.2 Å². The van der Waals surface area contributed by atoms with Crippen LogP contribution in [0.3, 0.4) is 0 Å². The second-order valence-corrected chi connectivity index (χ2v) is 6.52. The average molecular weight is 272 g/mol. The fourth-order valence-corrected chi connectivity index (χ4v) is 3.93. The molecule has 1 aromatic carbocycles. The van der Waals surface area contributed by atoms with Gasteiger partial charge in [0.15, 0.2) is 5.78 Å². The van der Waals surface area contributed by atoms with E-state index in [0.717, 1.165) is 13.1 Å². The summed E-state index contributed by atoms with van der Waals surface area (Å²) in [4.78, 5) is 13.9. The van der Waals surface area contributed by atoms with E-state index in [9.17, 15) is 4.79 Å². The largest absolute Gasteiger partial charge is 0.398 e. The number of anilines is 2. The van der Waals surface area contributed by atoms with Gasteiger partial charge in [-0.3, -0.25) is 4.79 Å². The van der Waals surface area contributed by atoms with E-state index >= 15 is 0 Å². The number of benzene rings is 1. The Labute approximate surface area is 121 Å². The molecule has 0 atom stereocenters. The van der Waals surface area contributed by atoms with E-state index in [-0.39, 0.29) is 5.78 Å². The van der Waals surface area contributed by atoms with Gasteiger partial charge in [0.05, 0.1) is 0 Å². The van der Waals surface area contributed by atoms with Crippen LogP contribution in [0.5, 0.6) is 0 Å². The van der Waals surface area contributed by atoms with E-state index in [4.69, 9.17) is 5.73 Å². The van der Waals surface area contributed by atoms with Crippen LogP contribution in [0.15, 0.2) is 18.2 Å². The summed E-state index contributed by atoms with van der Waals surface area (Å²) in [6.45, 7) is 3.81. The van der Waals surface area contributed by atoms with Crippen molar-refractivity contribution in [3.8, 4) is 0 Å². The van der Waals surface area contributed by atoms with Crippen LogP contribution in [0.4, 0.5) is 11.4 Å². The summed E-state index contributed by atoms with van der Waals surface area (Å²) in [5.41, 5.74) is 9.05. The molecule has 0 unspecified atom stereocenters. The smallest absolute Gasteiger partial charge is 0.161 e. The van der Waals surface area contributed by atoms with Crippen molar-refractivity contribution in [1.29, 1.82) is 0 Å². The highest BCUT2D eigenvalue weighted by Crippen LogP contribution is 2.46. The summed E-state index contributed by atoms with van der Waals surface area (Å²) in [5, 5.41) is 0. The minimum absolute atomic E-state index is 0.0394. The van der Waals surface area contributed by atoms with Crippen molar-refractivity contribution < 1.29 is 4.79 Å². The predicted molar refractivity (Wildman–Crippen MR) is 83.2 cm³/mol. The first-order chi connectivity index (χ1) is 9.60. The first-order valence-corrected chi connectivity index (χ1v) is 7.75. The van der Waals surface area contributed by atoms with Gasteiger partial charge in [0.25, 0.3) is 0 Å². The summed E-state index contributed by atoms with van der Waals surface area (Å²) >= 11 is 0. The maximum Gasteiger partial charge on any atom is 0.161 e. The van der Waals surface area contributed by atoms with Gasteiger partial charge in [-0.25, -0.2) is 0 Å². The van der Waals surface area contributed by atoms with Gasteiger partial charge in [-0.15, -0.1) is 0 Å². The molecule has 20 heavy (non-hydrogen) atoms. The van der Waals surface area contributed by atoms with Gasteiger partial charge < -0.3 is 10.6 Å². The molecule has 1 aliphatic carbocycles. The van der Waals surface area contributed by atoms with Gasteiger partial charge in [-0.2, -0.15) is 0 Å². The maximum absolute atomic E-state index is 11.4. The van der Waals surface area contributed by atoms with Crippen molar-refractivity contribution in [2.75, 3.05) is 23.7 Å². The number of ketones is 1. The average Bonchev–Trinajstić information content (AvgIpc) is 2.87. The molecule has 1 heterocycles. The molecule has 2 N–H and O–H groups in total. The minimum atomic E-state index is 0.0394. The third-order valence-electron chi connectivity index (χ3n) is 5.27. The fourth-order valence-electron chi connectivity index (χ4n) is 3.93. The number of nitrogens with zero attached hydrogens (tertiary/aromatic N) is 1. The van der Waals surface area contributed by atoms with Crippen molar-refractivity contribution in [3.63, 3.8) is 0 Å². The summed E-state index contributed by atoms with van der Waals surface area (Å²) in [6, 6.07) is 5.87. The third kappa shape index (κ3) is 2.41. The molecule has 0 bridgehead atoms. The van der Waals surface area contributed by atoms with E-state index in [1.54, 1.807) is 6.92 Å². The van der Waals surface area contributed by atoms with Crippen LogP contribution in [-0.2, 0) is 0 Å². The Bertz CT molecular complexity index is 508. The molecule has 0 aromatic heterocycles. The van der Waals surface area contributed by atoms with Gasteiger partial charge in [-0.05, 0) is 56.2 Å². The number of hydrogen-bond donors (Lipinski definition) is 1. The van der Waals surface area contributed by atoms with Crippen LogP contribution < -0.4 is 10.6 Å². The van der Waals surface area contributed by atoms with Crippen LogP contribution in [0, 0.1) is 5.41 Å². The number of hydrogen-bond acceptors (Lipinski definition) is 3. The molecule has 1 aliphatic heterocycles. The van der Waals surface area contributed by atoms with Gasteiger partial charge in [0.1, 0.15) is 0 Å². The molecule has 3 nitrogen and oxygen atoms in total. The van der Waals surface area contributed by atoms with E-state index in [0.29, 0.717) is 16.7 Å². The number of nitrogens with two attached hydrogens (primary N) is 1. The van der Waals surface area contributed by atoms with Crippen molar-refractivity contribution in [2.24, 2.45) is 5.41 Å². The van der Waals surface area contributed by atoms with Crippen molar-refractivity contribution in [2.45, 2.75) is 45.4 Å². The summed E-state index contributed by atoms with van der Waals surface area (Å²) in [5.74, 6) is 0.0394. The number of nitrogen functional groups attached to an aromatic ring is 1. The normalized spacial score (nSPS) is 21.4. The highest BCUT2D eigenvalue weighted by Gasteiger charge is 2.36. The summed E-state index contributed by atoms with van der Waals surface area (Å²) < 4.78 is 0. The molecule has 1 aromatic rings. The first kappa shape index (κ1) is 13.5. The molecular weight excluding hydrogens is 248 g/mol. The predicted octanol–water partition coefficient (Wildman–Crippen LogP) is 3.63. The third-order valence-corrected chi connectivity index (χ3v) is 5.27. The lowest BCUT2D eigenvalue weighted by Gasteiger charge is -2.40. The van der Waals surface area contributed by atoms with Gasteiger partial charge in [0.2, 0.25) is 0 Å². The second kappa shape index (κ2) is 5.12. The number of carbonyl (C=O) groups excluding carboxylic acids is 1. The topological polar surface area (TPSA) is 46.3 Å². The first-order valence-electron chi connectivity index (χ1n) is 7.75. The van der Waals surface area contributed by atoms with Gasteiger partial charge in [0, 0.05) is 30.0 Å². The van der Waals surface area contributed by atoms with Gasteiger partial charge in [-0.1, -0.05) is 12.8 Å². The van der Waals surface area contributed by atoms with Crippen molar-refractivity contribution in [1.82, 2.24) is 0 Å². The van der Waals surface area contributed by atoms with Crippen LogP contribution >= 0.6 is 0 Å². The highest BCUT2D eigenvalue weighted by atomic mass is 16.1. The monoisotopic (exact) mass is 272 g/mol. The fraction of sp³-hybridized carbons (Fsp3) is 0.588. The maximum atomic E-state index is 11.4. The molecule has 3 rings (SSSR count). The molecule has 108 valence electrons. The van der Waals surface area contributed by atoms with Crippen molar-refractivity contribution >= 4 is 17.2 Å². The molecule has 1 saturated heterocycles. The molecule has 2 aliphatic rings. The molecule has 1 saturated carbocycles. The number of piperidine rings is 1. The Morgan fingerprint density at radius 3 is 2.35 bits per heavy atom. The lowest BCUT2D eigenvalue weighted by molar-refractivity contribution is 0.101. The van der Waals surface area contributed by atoms with Crippen LogP contribution in [0.1, 0.15) is 55.8 Å². The minimum Gasteiger partial charge on any atom is -0.398 e. The molecule has 2 fully saturated rings. The lowest BCUT2D eigenvalue weighted by Crippen LogP contribution is -2.38. The van der Waals surface area contributed by atoms with Gasteiger partial charge >= 0.3 is 0 Å². The zero-order valence-corrected chi connectivity index (χ0v) is 12.3. The summed E-state index contributed by atoms with van der Waals surface area (Å²) in [6.07, 6.45) is 8.29. The highest BCUT2D eigenvalue weighted by molar-refractivity contribution is 5.99. The quantitative estimate of drug-likeness (QED) is 0.660. The molecular formula is C17H24N2O. The van der Waals surface area contributed by atoms with E-state index in [2.05, 4.69) is 4.90 Å². The SMILES string of the molecule is CC(=O)c1ccc(N2CCC3(CCCC3)CC2)cc1N. The molecule has 0 amide bonds. The number of Topliss-reactive ketones (excluding diaryl/α,β-unsaturated/α-hetero) is 1. The Balaban J connectivity index is 1.72. The standard InChI is InChI=1S/C17H24N2O/c1-13(20)15-5-4-14(12-16(15)18)19-10-8-17(9-11-19)6-2-3-7-17/h4-5,12H,2-3,6-11,18H2,1H3. The molecule has 0 radical (unpaired) electrons.